The summed E-state index contributed by atoms with van der Waals surface area (Å²) in [5, 5.41) is 0. The predicted molar refractivity (Wildman–Crippen MR) is 96.3 cm³/mol. The Morgan fingerprint density at radius 1 is 1.12 bits per heavy atom. The summed E-state index contributed by atoms with van der Waals surface area (Å²) in [6.45, 7) is 3.26. The first-order valence-electron chi connectivity index (χ1n) is 9.45. The molecule has 0 unspecified atom stereocenters. The van der Waals surface area contributed by atoms with Gasteiger partial charge in [-0.15, -0.1) is 0 Å². The van der Waals surface area contributed by atoms with Gasteiger partial charge in [-0.25, -0.2) is 4.98 Å². The molecule has 2 aromatic rings. The molecule has 1 aromatic carbocycles. The number of nitrogens with zero attached hydrogens (tertiary/aromatic N) is 2. The number of imidazole rings is 1. The number of benzene rings is 1. The molecule has 6 nitrogen and oxygen atoms in total. The molecule has 0 saturated heterocycles. The van der Waals surface area contributed by atoms with E-state index in [0.29, 0.717) is 32.5 Å². The Morgan fingerprint density at radius 2 is 1.88 bits per heavy atom. The van der Waals surface area contributed by atoms with Crippen LogP contribution < -0.4 is 15.2 Å². The van der Waals surface area contributed by atoms with Crippen LogP contribution in [0.5, 0.6) is 11.5 Å². The highest BCUT2D eigenvalue weighted by molar-refractivity contribution is 5.80. The Balaban J connectivity index is 1.55. The second kappa shape index (κ2) is 7.62. The van der Waals surface area contributed by atoms with Crippen molar-refractivity contribution in [3.8, 4) is 11.5 Å². The van der Waals surface area contributed by atoms with E-state index in [-0.39, 0.29) is 0 Å². The summed E-state index contributed by atoms with van der Waals surface area (Å²) in [4.78, 5) is 4.77. The lowest BCUT2D eigenvalue weighted by Crippen LogP contribution is -2.20. The molecule has 1 fully saturated rings. The van der Waals surface area contributed by atoms with Crippen molar-refractivity contribution in [1.82, 2.24) is 9.55 Å². The Labute approximate surface area is 148 Å². The van der Waals surface area contributed by atoms with Gasteiger partial charge in [0.25, 0.3) is 0 Å². The van der Waals surface area contributed by atoms with Crippen molar-refractivity contribution in [1.29, 1.82) is 0 Å². The van der Waals surface area contributed by atoms with Crippen molar-refractivity contribution in [2.24, 2.45) is 5.73 Å². The van der Waals surface area contributed by atoms with E-state index < -0.39 is 0 Å². The van der Waals surface area contributed by atoms with Crippen molar-refractivity contribution < 1.29 is 14.2 Å². The maximum Gasteiger partial charge on any atom is 0.163 e. The van der Waals surface area contributed by atoms with Gasteiger partial charge in [0.15, 0.2) is 11.5 Å². The first-order valence-corrected chi connectivity index (χ1v) is 9.45. The molecule has 4 rings (SSSR count). The summed E-state index contributed by atoms with van der Waals surface area (Å²) in [6.07, 6.45) is 7.50. The van der Waals surface area contributed by atoms with Crippen LogP contribution in [-0.2, 0) is 17.7 Å². The standard InChI is InChI=1S/C19H27N3O3/c20-7-6-19-21-15-12-17-18(25-11-10-24-17)13-16(15)22(19)8-9-23-14-4-2-1-3-5-14/h12-14H,1-11,20H2. The van der Waals surface area contributed by atoms with Gasteiger partial charge >= 0.3 is 0 Å². The van der Waals surface area contributed by atoms with Gasteiger partial charge in [-0.3, -0.25) is 0 Å². The van der Waals surface area contributed by atoms with Crippen LogP contribution >= 0.6 is 0 Å². The molecule has 1 saturated carbocycles. The van der Waals surface area contributed by atoms with Gasteiger partial charge in [0, 0.05) is 25.1 Å². The molecule has 1 aromatic heterocycles. The summed E-state index contributed by atoms with van der Waals surface area (Å²) in [7, 11) is 0. The molecule has 2 heterocycles. The smallest absolute Gasteiger partial charge is 0.163 e. The highest BCUT2D eigenvalue weighted by Crippen LogP contribution is 2.35. The highest BCUT2D eigenvalue weighted by atomic mass is 16.6. The van der Waals surface area contributed by atoms with E-state index in [9.17, 15) is 0 Å². The Morgan fingerprint density at radius 3 is 2.64 bits per heavy atom. The van der Waals surface area contributed by atoms with Crippen LogP contribution in [0.4, 0.5) is 0 Å². The Hall–Kier alpha value is -1.79. The van der Waals surface area contributed by atoms with E-state index >= 15 is 0 Å². The molecular formula is C19H27N3O3. The lowest BCUT2D eigenvalue weighted by molar-refractivity contribution is 0.0242. The van der Waals surface area contributed by atoms with Crippen molar-refractivity contribution in [3.63, 3.8) is 0 Å². The second-order valence-electron chi connectivity index (χ2n) is 6.83. The number of hydrogen-bond donors (Lipinski definition) is 1. The van der Waals surface area contributed by atoms with E-state index in [1.807, 2.05) is 12.1 Å². The Bertz CT molecular complexity index is 722. The molecule has 0 atom stereocenters. The first kappa shape index (κ1) is 16.7. The predicted octanol–water partition coefficient (Wildman–Crippen LogP) is 2.66. The van der Waals surface area contributed by atoms with Gasteiger partial charge in [0.05, 0.1) is 23.7 Å². The van der Waals surface area contributed by atoms with Gasteiger partial charge in [0.1, 0.15) is 19.0 Å². The molecule has 0 radical (unpaired) electrons. The summed E-state index contributed by atoms with van der Waals surface area (Å²) in [5.74, 6) is 2.58. The molecule has 136 valence electrons. The molecular weight excluding hydrogens is 318 g/mol. The number of fused-ring (bicyclic) bond motifs is 2. The summed E-state index contributed by atoms with van der Waals surface area (Å²) >= 11 is 0. The molecule has 0 spiro atoms. The van der Waals surface area contributed by atoms with Gasteiger partial charge in [-0.2, -0.15) is 0 Å². The van der Waals surface area contributed by atoms with E-state index in [4.69, 9.17) is 24.9 Å². The van der Waals surface area contributed by atoms with Crippen LogP contribution in [0, 0.1) is 0 Å². The fourth-order valence-electron chi connectivity index (χ4n) is 3.82. The van der Waals surface area contributed by atoms with E-state index in [2.05, 4.69) is 4.57 Å². The lowest BCUT2D eigenvalue weighted by Gasteiger charge is -2.22. The van der Waals surface area contributed by atoms with Crippen LogP contribution in [0.2, 0.25) is 0 Å². The Kier molecular flexibility index (Phi) is 5.08. The third-order valence-electron chi connectivity index (χ3n) is 5.08. The molecule has 1 aliphatic carbocycles. The number of hydrogen-bond acceptors (Lipinski definition) is 5. The van der Waals surface area contributed by atoms with E-state index in [0.717, 1.165) is 41.3 Å². The lowest BCUT2D eigenvalue weighted by atomic mass is 9.98. The minimum absolute atomic E-state index is 0.422. The minimum atomic E-state index is 0.422. The summed E-state index contributed by atoms with van der Waals surface area (Å²) < 4.78 is 19.8. The number of aromatic nitrogens is 2. The van der Waals surface area contributed by atoms with Crippen LogP contribution in [0.15, 0.2) is 12.1 Å². The monoisotopic (exact) mass is 345 g/mol. The van der Waals surface area contributed by atoms with Crippen molar-refractivity contribution in [2.75, 3.05) is 26.4 Å². The zero-order valence-corrected chi connectivity index (χ0v) is 14.7. The molecule has 0 amide bonds. The summed E-state index contributed by atoms with van der Waals surface area (Å²) in [6, 6.07) is 4.01. The second-order valence-corrected chi connectivity index (χ2v) is 6.83. The largest absolute Gasteiger partial charge is 0.486 e. The van der Waals surface area contributed by atoms with Gasteiger partial charge in [-0.1, -0.05) is 19.3 Å². The SMILES string of the molecule is NCCc1nc2cc3c(cc2n1CCOC1CCCCC1)OCCO3. The zero-order valence-electron chi connectivity index (χ0n) is 14.7. The first-order chi connectivity index (χ1) is 12.3. The maximum absolute atomic E-state index is 6.12. The third-order valence-corrected chi connectivity index (χ3v) is 5.08. The quantitative estimate of drug-likeness (QED) is 0.871. The molecule has 25 heavy (non-hydrogen) atoms. The average molecular weight is 345 g/mol. The van der Waals surface area contributed by atoms with Gasteiger partial charge in [0.2, 0.25) is 0 Å². The molecule has 2 N–H and O–H groups in total. The average Bonchev–Trinajstić information content (AvgIpc) is 2.97. The zero-order chi connectivity index (χ0) is 17.1. The molecule has 1 aliphatic heterocycles. The highest BCUT2D eigenvalue weighted by Gasteiger charge is 2.19. The van der Waals surface area contributed by atoms with Crippen LogP contribution in [0.25, 0.3) is 11.0 Å². The molecule has 2 aliphatic rings. The number of rotatable bonds is 6. The number of nitrogens with two attached hydrogens (primary N) is 1. The fraction of sp³-hybridized carbons (Fsp3) is 0.632. The van der Waals surface area contributed by atoms with Gasteiger partial charge in [-0.05, 0) is 19.4 Å². The minimum Gasteiger partial charge on any atom is -0.486 e. The number of ether oxygens (including phenoxy) is 3. The van der Waals surface area contributed by atoms with Crippen LogP contribution in [0.3, 0.4) is 0 Å². The molecule has 0 bridgehead atoms. The summed E-state index contributed by atoms with van der Waals surface area (Å²) in [5.41, 5.74) is 7.79. The maximum atomic E-state index is 6.12. The fourth-order valence-corrected chi connectivity index (χ4v) is 3.82. The van der Waals surface area contributed by atoms with Crippen molar-refractivity contribution in [3.05, 3.63) is 18.0 Å². The molecule has 6 heteroatoms. The topological polar surface area (TPSA) is 71.5 Å². The van der Waals surface area contributed by atoms with Crippen LogP contribution in [0.1, 0.15) is 37.9 Å². The van der Waals surface area contributed by atoms with Crippen LogP contribution in [-0.4, -0.2) is 42.0 Å². The van der Waals surface area contributed by atoms with E-state index in [1.54, 1.807) is 0 Å². The van der Waals surface area contributed by atoms with Crippen molar-refractivity contribution in [2.45, 2.75) is 51.2 Å². The van der Waals surface area contributed by atoms with E-state index in [1.165, 1.54) is 32.1 Å². The third kappa shape index (κ3) is 3.60. The van der Waals surface area contributed by atoms with Crippen molar-refractivity contribution >= 4 is 11.0 Å². The van der Waals surface area contributed by atoms with Gasteiger partial charge < -0.3 is 24.5 Å². The normalized spacial score (nSPS) is 18.0.